The zero-order valence-corrected chi connectivity index (χ0v) is 14.0. The molecule has 0 aliphatic carbocycles. The first kappa shape index (κ1) is 17.1. The molecule has 0 bridgehead atoms. The molecule has 4 heteroatoms. The molecule has 25 heavy (non-hydrogen) atoms. The predicted molar refractivity (Wildman–Crippen MR) is 98.1 cm³/mol. The molecule has 0 aliphatic heterocycles. The quantitative estimate of drug-likeness (QED) is 0.662. The molecule has 1 unspecified atom stereocenters. The maximum absolute atomic E-state index is 10.4. The minimum absolute atomic E-state index is 0.469. The van der Waals surface area contributed by atoms with Crippen LogP contribution in [0.25, 0.3) is 0 Å². The molecule has 0 saturated carbocycles. The summed E-state index contributed by atoms with van der Waals surface area (Å²) in [5.41, 5.74) is 3.05. The molecule has 0 fully saturated rings. The van der Waals surface area contributed by atoms with Gasteiger partial charge in [-0.3, -0.25) is 4.98 Å². The van der Waals surface area contributed by atoms with E-state index in [9.17, 15) is 5.11 Å². The first-order valence-electron chi connectivity index (χ1n) is 8.35. The zero-order chi connectivity index (χ0) is 17.3. The molecule has 2 aromatic carbocycles. The van der Waals surface area contributed by atoms with E-state index < -0.39 is 6.10 Å². The average Bonchev–Trinajstić information content (AvgIpc) is 2.68. The Kier molecular flexibility index (Phi) is 6.15. The van der Waals surface area contributed by atoms with E-state index in [1.54, 1.807) is 6.20 Å². The van der Waals surface area contributed by atoms with Crippen molar-refractivity contribution in [1.82, 2.24) is 10.3 Å². The first-order valence-corrected chi connectivity index (χ1v) is 8.35. The van der Waals surface area contributed by atoms with Crippen LogP contribution < -0.4 is 10.1 Å². The van der Waals surface area contributed by atoms with Crippen LogP contribution in [0.3, 0.4) is 0 Å². The number of aliphatic hydroxyl groups is 1. The van der Waals surface area contributed by atoms with E-state index in [0.717, 1.165) is 22.4 Å². The van der Waals surface area contributed by atoms with Crippen LogP contribution in [0, 0.1) is 0 Å². The number of pyridine rings is 1. The van der Waals surface area contributed by atoms with Gasteiger partial charge in [-0.1, -0.05) is 48.5 Å². The summed E-state index contributed by atoms with van der Waals surface area (Å²) in [5, 5.41) is 13.6. The van der Waals surface area contributed by atoms with E-state index in [4.69, 9.17) is 4.74 Å². The van der Waals surface area contributed by atoms with Crippen LogP contribution in [-0.4, -0.2) is 16.6 Å². The summed E-state index contributed by atoms with van der Waals surface area (Å²) in [7, 11) is 0. The lowest BCUT2D eigenvalue weighted by molar-refractivity contribution is 0.173. The van der Waals surface area contributed by atoms with Crippen LogP contribution in [0.1, 0.15) is 22.8 Å². The van der Waals surface area contributed by atoms with Crippen LogP contribution in [0.2, 0.25) is 0 Å². The van der Waals surface area contributed by atoms with Gasteiger partial charge in [0.05, 0.1) is 6.10 Å². The minimum atomic E-state index is -0.586. The van der Waals surface area contributed by atoms with Crippen molar-refractivity contribution in [3.63, 3.8) is 0 Å². The number of rotatable bonds is 8. The third-order valence-corrected chi connectivity index (χ3v) is 3.88. The average molecular weight is 334 g/mol. The lowest BCUT2D eigenvalue weighted by Crippen LogP contribution is -2.21. The number of ether oxygens (including phenoxy) is 1. The molecular formula is C21H22N2O2. The number of aromatic nitrogens is 1. The predicted octanol–water partition coefficient (Wildman–Crippen LogP) is 3.48. The highest BCUT2D eigenvalue weighted by molar-refractivity contribution is 5.30. The van der Waals surface area contributed by atoms with Crippen molar-refractivity contribution in [2.24, 2.45) is 0 Å². The van der Waals surface area contributed by atoms with Gasteiger partial charge in [-0.15, -0.1) is 0 Å². The Hall–Kier alpha value is -2.69. The van der Waals surface area contributed by atoms with E-state index >= 15 is 0 Å². The fourth-order valence-corrected chi connectivity index (χ4v) is 2.53. The lowest BCUT2D eigenvalue weighted by Gasteiger charge is -2.14. The Bertz CT molecular complexity index is 763. The van der Waals surface area contributed by atoms with Crippen molar-refractivity contribution in [1.29, 1.82) is 0 Å². The van der Waals surface area contributed by atoms with Gasteiger partial charge in [0.1, 0.15) is 12.4 Å². The van der Waals surface area contributed by atoms with Crippen molar-refractivity contribution in [3.8, 4) is 5.75 Å². The van der Waals surface area contributed by atoms with Crippen LogP contribution in [0.5, 0.6) is 5.75 Å². The standard InChI is InChI=1S/C21H22N2O2/c24-21(15-23-14-18-8-5-11-22-13-18)19-9-4-10-20(12-19)25-16-17-6-2-1-3-7-17/h1-13,21,23-24H,14-16H2. The Morgan fingerprint density at radius 3 is 2.60 bits per heavy atom. The molecule has 4 nitrogen and oxygen atoms in total. The summed E-state index contributed by atoms with van der Waals surface area (Å²) in [5.74, 6) is 0.757. The highest BCUT2D eigenvalue weighted by atomic mass is 16.5. The normalized spacial score (nSPS) is 11.9. The molecule has 0 radical (unpaired) electrons. The maximum atomic E-state index is 10.4. The Balaban J connectivity index is 1.51. The van der Waals surface area contributed by atoms with Gasteiger partial charge in [0.2, 0.25) is 0 Å². The molecule has 1 atom stereocenters. The maximum Gasteiger partial charge on any atom is 0.120 e. The molecule has 0 amide bonds. The summed E-state index contributed by atoms with van der Waals surface area (Å²) >= 11 is 0. The number of benzene rings is 2. The first-order chi connectivity index (χ1) is 12.3. The molecule has 0 saturated heterocycles. The zero-order valence-electron chi connectivity index (χ0n) is 14.0. The molecule has 3 aromatic rings. The number of hydrogen-bond donors (Lipinski definition) is 2. The van der Waals surface area contributed by atoms with Gasteiger partial charge in [-0.25, -0.2) is 0 Å². The Morgan fingerprint density at radius 2 is 1.80 bits per heavy atom. The highest BCUT2D eigenvalue weighted by Gasteiger charge is 2.08. The molecular weight excluding hydrogens is 312 g/mol. The fraction of sp³-hybridized carbons (Fsp3) is 0.190. The summed E-state index contributed by atoms with van der Waals surface area (Å²) in [6.07, 6.45) is 2.98. The second-order valence-electron chi connectivity index (χ2n) is 5.85. The summed E-state index contributed by atoms with van der Waals surface area (Å²) < 4.78 is 5.82. The van der Waals surface area contributed by atoms with E-state index in [0.29, 0.717) is 19.7 Å². The monoisotopic (exact) mass is 334 g/mol. The van der Waals surface area contributed by atoms with Gasteiger partial charge in [0, 0.05) is 25.5 Å². The molecule has 2 N–H and O–H groups in total. The van der Waals surface area contributed by atoms with Crippen LogP contribution in [0.4, 0.5) is 0 Å². The van der Waals surface area contributed by atoms with Gasteiger partial charge in [-0.05, 0) is 34.9 Å². The van der Waals surface area contributed by atoms with Gasteiger partial charge < -0.3 is 15.2 Å². The van der Waals surface area contributed by atoms with Gasteiger partial charge in [0.25, 0.3) is 0 Å². The minimum Gasteiger partial charge on any atom is -0.489 e. The third-order valence-electron chi connectivity index (χ3n) is 3.88. The van der Waals surface area contributed by atoms with Crippen LogP contribution in [0.15, 0.2) is 79.1 Å². The number of nitrogens with zero attached hydrogens (tertiary/aromatic N) is 1. The summed E-state index contributed by atoms with van der Waals surface area (Å²) in [4.78, 5) is 4.08. The van der Waals surface area contributed by atoms with E-state index in [-0.39, 0.29) is 0 Å². The molecule has 1 aromatic heterocycles. The Labute approximate surface area is 148 Å². The number of hydrogen-bond acceptors (Lipinski definition) is 4. The highest BCUT2D eigenvalue weighted by Crippen LogP contribution is 2.20. The largest absolute Gasteiger partial charge is 0.489 e. The number of nitrogens with one attached hydrogen (secondary N) is 1. The van der Waals surface area contributed by atoms with Crippen molar-refractivity contribution < 1.29 is 9.84 Å². The lowest BCUT2D eigenvalue weighted by atomic mass is 10.1. The van der Waals surface area contributed by atoms with Gasteiger partial charge in [0.15, 0.2) is 0 Å². The fourth-order valence-electron chi connectivity index (χ4n) is 2.53. The van der Waals surface area contributed by atoms with E-state index in [1.165, 1.54) is 0 Å². The van der Waals surface area contributed by atoms with Gasteiger partial charge in [-0.2, -0.15) is 0 Å². The Morgan fingerprint density at radius 1 is 0.960 bits per heavy atom. The molecule has 0 aliphatic rings. The smallest absolute Gasteiger partial charge is 0.120 e. The van der Waals surface area contributed by atoms with Gasteiger partial charge >= 0.3 is 0 Å². The topological polar surface area (TPSA) is 54.4 Å². The van der Waals surface area contributed by atoms with Crippen molar-refractivity contribution in [2.75, 3.05) is 6.54 Å². The van der Waals surface area contributed by atoms with E-state index in [1.807, 2.05) is 72.9 Å². The second kappa shape index (κ2) is 8.97. The van der Waals surface area contributed by atoms with Crippen LogP contribution in [-0.2, 0) is 13.2 Å². The molecule has 128 valence electrons. The summed E-state index contributed by atoms with van der Waals surface area (Å²) in [6.45, 7) is 1.66. The van der Waals surface area contributed by atoms with Crippen LogP contribution >= 0.6 is 0 Å². The second-order valence-corrected chi connectivity index (χ2v) is 5.85. The number of aliphatic hydroxyl groups excluding tert-OH is 1. The van der Waals surface area contributed by atoms with Crippen molar-refractivity contribution in [3.05, 3.63) is 95.8 Å². The van der Waals surface area contributed by atoms with Crippen molar-refractivity contribution in [2.45, 2.75) is 19.3 Å². The summed E-state index contributed by atoms with van der Waals surface area (Å²) in [6, 6.07) is 21.5. The van der Waals surface area contributed by atoms with E-state index in [2.05, 4.69) is 10.3 Å². The third kappa shape index (κ3) is 5.41. The molecule has 0 spiro atoms. The SMILES string of the molecule is OC(CNCc1cccnc1)c1cccc(OCc2ccccc2)c1. The van der Waals surface area contributed by atoms with Crippen molar-refractivity contribution >= 4 is 0 Å². The molecule has 3 rings (SSSR count). The molecule has 1 heterocycles.